The number of carbonyl (C=O) groups is 1. The van der Waals surface area contributed by atoms with Crippen LogP contribution in [0.3, 0.4) is 0 Å². The number of benzene rings is 1. The number of carbonyl (C=O) groups excluding carboxylic acids is 1. The van der Waals surface area contributed by atoms with Crippen LogP contribution < -0.4 is 5.73 Å². The summed E-state index contributed by atoms with van der Waals surface area (Å²) in [5.74, 6) is 0.0838. The Morgan fingerprint density at radius 1 is 1.32 bits per heavy atom. The number of furan rings is 1. The first-order chi connectivity index (χ1) is 10.3. The predicted molar refractivity (Wildman–Crippen MR) is 72.8 cm³/mol. The van der Waals surface area contributed by atoms with Gasteiger partial charge in [0.05, 0.1) is 12.7 Å². The summed E-state index contributed by atoms with van der Waals surface area (Å²) in [6, 6.07) is 7.03. The van der Waals surface area contributed by atoms with Crippen LogP contribution in [-0.2, 0) is 22.1 Å². The van der Waals surface area contributed by atoms with Gasteiger partial charge in [-0.05, 0) is 24.3 Å². The lowest BCUT2D eigenvalue weighted by Crippen LogP contribution is -2.33. The van der Waals surface area contributed by atoms with Crippen molar-refractivity contribution in [2.45, 2.75) is 18.6 Å². The van der Waals surface area contributed by atoms with Crippen LogP contribution in [0.25, 0.3) is 11.3 Å². The third kappa shape index (κ3) is 3.67. The van der Waals surface area contributed by atoms with Gasteiger partial charge in [0.2, 0.25) is 0 Å². The standard InChI is InChI=1S/C15H14F3NO3/c1-21-14(20)12(19)8-11-5-6-13(22-11)9-3-2-4-10(7-9)15(16,17)18/h2-7,12H,8,19H2,1H3. The summed E-state index contributed by atoms with van der Waals surface area (Å²) in [7, 11) is 1.22. The Labute approximate surface area is 124 Å². The fraction of sp³-hybridized carbons (Fsp3) is 0.267. The second-order valence-electron chi connectivity index (χ2n) is 4.68. The van der Waals surface area contributed by atoms with Crippen LogP contribution in [0, 0.1) is 0 Å². The van der Waals surface area contributed by atoms with E-state index in [4.69, 9.17) is 10.2 Å². The van der Waals surface area contributed by atoms with Gasteiger partial charge in [0.1, 0.15) is 17.6 Å². The van der Waals surface area contributed by atoms with Crippen LogP contribution in [0.4, 0.5) is 13.2 Å². The van der Waals surface area contributed by atoms with Crippen molar-refractivity contribution in [1.82, 2.24) is 0 Å². The van der Waals surface area contributed by atoms with Crippen molar-refractivity contribution in [2.24, 2.45) is 5.73 Å². The molecule has 1 heterocycles. The minimum absolute atomic E-state index is 0.103. The maximum Gasteiger partial charge on any atom is 0.416 e. The van der Waals surface area contributed by atoms with E-state index in [0.717, 1.165) is 12.1 Å². The molecule has 0 radical (unpaired) electrons. The molecule has 0 aliphatic rings. The number of alkyl halides is 3. The number of hydrogen-bond donors (Lipinski definition) is 1. The quantitative estimate of drug-likeness (QED) is 0.881. The second-order valence-corrected chi connectivity index (χ2v) is 4.68. The molecule has 1 aromatic carbocycles. The highest BCUT2D eigenvalue weighted by molar-refractivity contribution is 5.75. The van der Waals surface area contributed by atoms with Gasteiger partial charge < -0.3 is 14.9 Å². The second kappa shape index (κ2) is 6.23. The average molecular weight is 313 g/mol. The molecule has 0 aliphatic heterocycles. The third-order valence-electron chi connectivity index (χ3n) is 3.06. The fourth-order valence-corrected chi connectivity index (χ4v) is 1.94. The molecule has 0 spiro atoms. The van der Waals surface area contributed by atoms with Gasteiger partial charge in [-0.1, -0.05) is 12.1 Å². The molecule has 2 aromatic rings. The van der Waals surface area contributed by atoms with E-state index in [0.29, 0.717) is 11.3 Å². The smallest absolute Gasteiger partial charge is 0.416 e. The maximum absolute atomic E-state index is 12.7. The topological polar surface area (TPSA) is 65.5 Å². The largest absolute Gasteiger partial charge is 0.468 e. The molecule has 1 aromatic heterocycles. The lowest BCUT2D eigenvalue weighted by molar-refractivity contribution is -0.142. The van der Waals surface area contributed by atoms with Gasteiger partial charge >= 0.3 is 12.1 Å². The van der Waals surface area contributed by atoms with Crippen LogP contribution in [0.1, 0.15) is 11.3 Å². The molecule has 7 heteroatoms. The zero-order chi connectivity index (χ0) is 16.3. The molecule has 0 saturated heterocycles. The molecule has 0 amide bonds. The normalized spacial score (nSPS) is 13.0. The van der Waals surface area contributed by atoms with E-state index in [1.807, 2.05) is 0 Å². The van der Waals surface area contributed by atoms with E-state index in [1.165, 1.54) is 25.3 Å². The zero-order valence-corrected chi connectivity index (χ0v) is 11.7. The van der Waals surface area contributed by atoms with Gasteiger partial charge in [-0.3, -0.25) is 4.79 Å². The number of methoxy groups -OCH3 is 1. The van der Waals surface area contributed by atoms with Crippen molar-refractivity contribution < 1.29 is 27.1 Å². The SMILES string of the molecule is COC(=O)C(N)Cc1ccc(-c2cccc(C(F)(F)F)c2)o1. The first-order valence-corrected chi connectivity index (χ1v) is 6.41. The molecule has 1 unspecified atom stereocenters. The fourth-order valence-electron chi connectivity index (χ4n) is 1.94. The minimum atomic E-state index is -4.42. The van der Waals surface area contributed by atoms with E-state index >= 15 is 0 Å². The lowest BCUT2D eigenvalue weighted by atomic mass is 10.1. The van der Waals surface area contributed by atoms with Crippen molar-refractivity contribution in [3.05, 3.63) is 47.7 Å². The Bertz CT molecular complexity index is 664. The molecule has 0 saturated carbocycles. The van der Waals surface area contributed by atoms with Gasteiger partial charge in [-0.15, -0.1) is 0 Å². The summed E-state index contributed by atoms with van der Waals surface area (Å²) in [4.78, 5) is 11.2. The molecule has 22 heavy (non-hydrogen) atoms. The maximum atomic E-state index is 12.7. The molecule has 0 aliphatic carbocycles. The highest BCUT2D eigenvalue weighted by atomic mass is 19.4. The monoisotopic (exact) mass is 313 g/mol. The molecular formula is C15H14F3NO3. The summed E-state index contributed by atoms with van der Waals surface area (Å²) in [5, 5.41) is 0. The summed E-state index contributed by atoms with van der Waals surface area (Å²) < 4.78 is 48.0. The third-order valence-corrected chi connectivity index (χ3v) is 3.06. The molecule has 2 N–H and O–H groups in total. The van der Waals surface area contributed by atoms with Crippen molar-refractivity contribution >= 4 is 5.97 Å². The number of nitrogens with two attached hydrogens (primary N) is 1. The van der Waals surface area contributed by atoms with Crippen LogP contribution in [0.15, 0.2) is 40.8 Å². The molecule has 4 nitrogen and oxygen atoms in total. The summed E-state index contributed by atoms with van der Waals surface area (Å²) >= 11 is 0. The molecule has 1 atom stereocenters. The Kier molecular flexibility index (Phi) is 4.56. The summed E-state index contributed by atoms with van der Waals surface area (Å²) in [5.41, 5.74) is 5.15. The number of halogens is 3. The summed E-state index contributed by atoms with van der Waals surface area (Å²) in [6.07, 6.45) is -4.32. The molecule has 0 fully saturated rings. The van der Waals surface area contributed by atoms with Crippen LogP contribution in [-0.4, -0.2) is 19.1 Å². The van der Waals surface area contributed by atoms with Crippen molar-refractivity contribution in [3.8, 4) is 11.3 Å². The van der Waals surface area contributed by atoms with E-state index < -0.39 is 23.8 Å². The molecular weight excluding hydrogens is 299 g/mol. The van der Waals surface area contributed by atoms with Gasteiger partial charge in [-0.25, -0.2) is 0 Å². The van der Waals surface area contributed by atoms with Crippen molar-refractivity contribution in [3.63, 3.8) is 0 Å². The van der Waals surface area contributed by atoms with E-state index in [2.05, 4.69) is 4.74 Å². The number of hydrogen-bond acceptors (Lipinski definition) is 4. The number of esters is 1. The van der Waals surface area contributed by atoms with Crippen molar-refractivity contribution in [2.75, 3.05) is 7.11 Å². The first-order valence-electron chi connectivity index (χ1n) is 6.41. The molecule has 2 rings (SSSR count). The number of rotatable bonds is 4. The Balaban J connectivity index is 2.20. The van der Waals surface area contributed by atoms with Gasteiger partial charge in [0.25, 0.3) is 0 Å². The predicted octanol–water partition coefficient (Wildman–Crippen LogP) is 3.01. The first kappa shape index (κ1) is 16.1. The van der Waals surface area contributed by atoms with Crippen LogP contribution >= 0.6 is 0 Å². The summed E-state index contributed by atoms with van der Waals surface area (Å²) in [6.45, 7) is 0. The van der Waals surface area contributed by atoms with E-state index in [9.17, 15) is 18.0 Å². The molecule has 0 bridgehead atoms. The minimum Gasteiger partial charge on any atom is -0.468 e. The number of ether oxygens (including phenoxy) is 1. The highest BCUT2D eigenvalue weighted by Gasteiger charge is 2.30. The molecule has 118 valence electrons. The average Bonchev–Trinajstić information content (AvgIpc) is 2.94. The van der Waals surface area contributed by atoms with Crippen LogP contribution in [0.5, 0.6) is 0 Å². The van der Waals surface area contributed by atoms with E-state index in [1.54, 1.807) is 6.07 Å². The van der Waals surface area contributed by atoms with Gasteiger partial charge in [0.15, 0.2) is 0 Å². The Morgan fingerprint density at radius 3 is 2.68 bits per heavy atom. The van der Waals surface area contributed by atoms with E-state index in [-0.39, 0.29) is 12.2 Å². The highest BCUT2D eigenvalue weighted by Crippen LogP contribution is 2.32. The zero-order valence-electron chi connectivity index (χ0n) is 11.7. The lowest BCUT2D eigenvalue weighted by Gasteiger charge is -2.08. The van der Waals surface area contributed by atoms with Crippen LogP contribution in [0.2, 0.25) is 0 Å². The van der Waals surface area contributed by atoms with Gasteiger partial charge in [-0.2, -0.15) is 13.2 Å². The van der Waals surface area contributed by atoms with Gasteiger partial charge in [0, 0.05) is 12.0 Å². The Morgan fingerprint density at radius 2 is 2.05 bits per heavy atom. The van der Waals surface area contributed by atoms with Crippen molar-refractivity contribution in [1.29, 1.82) is 0 Å². The Hall–Kier alpha value is -2.28.